The van der Waals surface area contributed by atoms with Crippen LogP contribution in [0.2, 0.25) is 0 Å². The molecule has 6 rings (SSSR count). The normalized spacial score (nSPS) is 30.2. The van der Waals surface area contributed by atoms with Crippen LogP contribution >= 0.6 is 0 Å². The number of hydrogen-bond donors (Lipinski definition) is 2. The van der Waals surface area contributed by atoms with Gasteiger partial charge in [0.15, 0.2) is 0 Å². The zero-order valence-electron chi connectivity index (χ0n) is 23.6. The third-order valence-electron chi connectivity index (χ3n) is 8.61. The van der Waals surface area contributed by atoms with Crippen molar-refractivity contribution in [2.24, 2.45) is 5.92 Å². The first-order valence-corrected chi connectivity index (χ1v) is 16.3. The Morgan fingerprint density at radius 1 is 1.12 bits per heavy atom. The molecule has 3 heterocycles. The van der Waals surface area contributed by atoms with Crippen molar-refractivity contribution in [3.63, 3.8) is 0 Å². The molecule has 5 atom stereocenters. The fourth-order valence-corrected chi connectivity index (χ4v) is 7.25. The Morgan fingerprint density at radius 2 is 1.93 bits per heavy atom. The maximum absolute atomic E-state index is 14.2. The fourth-order valence-electron chi connectivity index (χ4n) is 5.91. The number of nitrogens with zero attached hydrogens (tertiary/aromatic N) is 2. The quantitative estimate of drug-likeness (QED) is 0.482. The molecule has 1 saturated heterocycles. The van der Waals surface area contributed by atoms with E-state index in [0.29, 0.717) is 30.4 Å². The monoisotopic (exact) mass is 618 g/mol. The molecule has 14 heteroatoms. The van der Waals surface area contributed by atoms with Crippen molar-refractivity contribution in [2.75, 3.05) is 13.2 Å². The Labute approximate surface area is 249 Å². The lowest BCUT2D eigenvalue weighted by atomic mass is 10.1. The molecular weight excluding hydrogens is 583 g/mol. The third-order valence-corrected chi connectivity index (χ3v) is 10.4. The van der Waals surface area contributed by atoms with Crippen LogP contribution in [0.4, 0.5) is 9.18 Å². The number of halogens is 1. The average molecular weight is 619 g/mol. The first-order valence-electron chi connectivity index (χ1n) is 14.7. The van der Waals surface area contributed by atoms with Crippen molar-refractivity contribution in [1.82, 2.24) is 19.8 Å². The number of sulfonamides is 1. The standard InChI is InChI=1S/C29H35FN4O8S/c30-22-6-3-5-18-14-33(16-21(18)22)29(38)42-19-13-24-27(36)31-23-12-17(23)4-1-2-11-41-25(9-10-26(35)34(24)15-19)28(37)32-43(39,40)20-7-8-20/h1,3-6,17,19-20,23-25H,2,7-16H2,(H,31,36)(H,32,37)/b4-1+. The molecule has 0 radical (unpaired) electrons. The minimum atomic E-state index is -3.80. The van der Waals surface area contributed by atoms with Gasteiger partial charge in [0, 0.05) is 31.0 Å². The fraction of sp³-hybridized carbons (Fsp3) is 0.586. The molecule has 1 aromatic carbocycles. The van der Waals surface area contributed by atoms with Crippen molar-refractivity contribution in [3.05, 3.63) is 47.3 Å². The number of carbonyl (C=O) groups is 4. The molecule has 12 nitrogen and oxygen atoms in total. The van der Waals surface area contributed by atoms with Gasteiger partial charge in [-0.1, -0.05) is 24.3 Å². The Balaban J connectivity index is 1.13. The maximum atomic E-state index is 14.2. The van der Waals surface area contributed by atoms with E-state index in [4.69, 9.17) is 9.47 Å². The van der Waals surface area contributed by atoms with Gasteiger partial charge in [-0.3, -0.25) is 24.0 Å². The molecule has 0 spiro atoms. The van der Waals surface area contributed by atoms with Crippen molar-refractivity contribution in [1.29, 1.82) is 0 Å². The molecule has 0 aromatic heterocycles. The molecule has 2 N–H and O–H groups in total. The van der Waals surface area contributed by atoms with E-state index in [1.165, 1.54) is 15.9 Å². The molecule has 3 fully saturated rings. The minimum Gasteiger partial charge on any atom is -0.444 e. The van der Waals surface area contributed by atoms with Crippen LogP contribution in [-0.4, -0.2) is 84.7 Å². The van der Waals surface area contributed by atoms with Gasteiger partial charge in [-0.2, -0.15) is 0 Å². The Kier molecular flexibility index (Phi) is 8.16. The van der Waals surface area contributed by atoms with E-state index in [1.807, 2.05) is 12.2 Å². The number of rotatable bonds is 4. The highest BCUT2D eigenvalue weighted by Gasteiger charge is 2.45. The third kappa shape index (κ3) is 6.69. The van der Waals surface area contributed by atoms with E-state index in [-0.39, 0.29) is 63.4 Å². The van der Waals surface area contributed by atoms with Crippen molar-refractivity contribution < 1.29 is 41.5 Å². The van der Waals surface area contributed by atoms with Crippen LogP contribution in [0.25, 0.3) is 0 Å². The number of benzene rings is 1. The van der Waals surface area contributed by atoms with Crippen LogP contribution in [0.15, 0.2) is 30.4 Å². The molecule has 5 unspecified atom stereocenters. The molecule has 1 aromatic rings. The zero-order chi connectivity index (χ0) is 30.3. The number of ether oxygens (including phenoxy) is 2. The van der Waals surface area contributed by atoms with Gasteiger partial charge in [0.2, 0.25) is 21.8 Å². The summed E-state index contributed by atoms with van der Waals surface area (Å²) < 4.78 is 52.4. The highest BCUT2D eigenvalue weighted by atomic mass is 32.2. The van der Waals surface area contributed by atoms with E-state index in [0.717, 1.165) is 6.42 Å². The molecule has 2 aliphatic carbocycles. The van der Waals surface area contributed by atoms with Crippen LogP contribution in [0.3, 0.4) is 0 Å². The predicted octanol–water partition coefficient (Wildman–Crippen LogP) is 1.49. The second-order valence-electron chi connectivity index (χ2n) is 11.9. The van der Waals surface area contributed by atoms with E-state index >= 15 is 0 Å². The molecule has 0 bridgehead atoms. The van der Waals surface area contributed by atoms with E-state index in [2.05, 4.69) is 10.0 Å². The van der Waals surface area contributed by atoms with E-state index in [1.54, 1.807) is 12.1 Å². The molecule has 3 aliphatic heterocycles. The van der Waals surface area contributed by atoms with Gasteiger partial charge < -0.3 is 19.7 Å². The average Bonchev–Trinajstić information content (AvgIpc) is 3.86. The largest absolute Gasteiger partial charge is 0.444 e. The molecule has 43 heavy (non-hydrogen) atoms. The number of fused-ring (bicyclic) bond motifs is 3. The van der Waals surface area contributed by atoms with Gasteiger partial charge in [0.1, 0.15) is 24.1 Å². The Bertz CT molecular complexity index is 1450. The molecule has 232 valence electrons. The molecule has 4 amide bonds. The van der Waals surface area contributed by atoms with Gasteiger partial charge in [0.05, 0.1) is 24.9 Å². The smallest absolute Gasteiger partial charge is 0.410 e. The van der Waals surface area contributed by atoms with Crippen LogP contribution in [0, 0.1) is 11.7 Å². The minimum absolute atomic E-state index is 0.0282. The summed E-state index contributed by atoms with van der Waals surface area (Å²) in [5.74, 6) is -1.87. The summed E-state index contributed by atoms with van der Waals surface area (Å²) in [5, 5.41) is 2.40. The van der Waals surface area contributed by atoms with Gasteiger partial charge in [-0.05, 0) is 49.7 Å². The van der Waals surface area contributed by atoms with Gasteiger partial charge in [-0.25, -0.2) is 17.6 Å². The highest BCUT2D eigenvalue weighted by molar-refractivity contribution is 7.90. The number of carbonyl (C=O) groups excluding carboxylic acids is 4. The highest BCUT2D eigenvalue weighted by Crippen LogP contribution is 2.33. The first-order chi connectivity index (χ1) is 20.6. The molecule has 2 saturated carbocycles. The lowest BCUT2D eigenvalue weighted by Crippen LogP contribution is -2.47. The summed E-state index contributed by atoms with van der Waals surface area (Å²) in [5.41, 5.74) is 1.14. The van der Waals surface area contributed by atoms with Gasteiger partial charge >= 0.3 is 6.09 Å². The molecule has 5 aliphatic rings. The number of nitrogens with one attached hydrogen (secondary N) is 2. The summed E-state index contributed by atoms with van der Waals surface area (Å²) in [4.78, 5) is 55.4. The van der Waals surface area contributed by atoms with Crippen LogP contribution in [0.5, 0.6) is 0 Å². The van der Waals surface area contributed by atoms with Crippen molar-refractivity contribution in [3.8, 4) is 0 Å². The number of amides is 4. The Morgan fingerprint density at radius 3 is 2.70 bits per heavy atom. The summed E-state index contributed by atoms with van der Waals surface area (Å²) in [6, 6.07) is 3.71. The zero-order valence-corrected chi connectivity index (χ0v) is 24.4. The van der Waals surface area contributed by atoms with Crippen LogP contribution in [0.1, 0.15) is 56.1 Å². The lowest BCUT2D eigenvalue weighted by molar-refractivity contribution is -0.140. The summed E-state index contributed by atoms with van der Waals surface area (Å²) in [6.45, 7) is 0.391. The lowest BCUT2D eigenvalue weighted by Gasteiger charge is -2.25. The van der Waals surface area contributed by atoms with Crippen molar-refractivity contribution in [2.45, 2.75) is 87.6 Å². The molecular formula is C29H35FN4O8S. The summed E-state index contributed by atoms with van der Waals surface area (Å²) in [6.07, 6.45) is 3.30. The second-order valence-corrected chi connectivity index (χ2v) is 13.8. The second kappa shape index (κ2) is 11.9. The van der Waals surface area contributed by atoms with Crippen LogP contribution in [-0.2, 0) is 47.0 Å². The SMILES string of the molecule is O=C(NS(=O)(=O)C1CC1)C1CCC(=O)N2CC(OC(=O)N3Cc4cccc(F)c4C3)CC2C(=O)NC2CC2/C=C/CCO1. The Hall–Kier alpha value is -3.52. The van der Waals surface area contributed by atoms with Crippen molar-refractivity contribution >= 4 is 33.8 Å². The predicted molar refractivity (Wildman–Crippen MR) is 149 cm³/mol. The van der Waals surface area contributed by atoms with Gasteiger partial charge in [-0.15, -0.1) is 0 Å². The van der Waals surface area contributed by atoms with Gasteiger partial charge in [0.25, 0.3) is 5.91 Å². The van der Waals surface area contributed by atoms with E-state index < -0.39 is 57.2 Å². The van der Waals surface area contributed by atoms with Crippen LogP contribution < -0.4 is 10.0 Å². The first kappa shape index (κ1) is 29.5. The maximum Gasteiger partial charge on any atom is 0.410 e. The topological polar surface area (TPSA) is 151 Å². The number of hydrogen-bond acceptors (Lipinski definition) is 8. The van der Waals surface area contributed by atoms with E-state index in [9.17, 15) is 32.0 Å². The summed E-state index contributed by atoms with van der Waals surface area (Å²) >= 11 is 0. The summed E-state index contributed by atoms with van der Waals surface area (Å²) in [7, 11) is -3.80.